The highest BCUT2D eigenvalue weighted by Crippen LogP contribution is 2.60. The van der Waals surface area contributed by atoms with E-state index in [1.54, 1.807) is 0 Å². The summed E-state index contributed by atoms with van der Waals surface area (Å²) in [5, 5.41) is 0. The van der Waals surface area contributed by atoms with Crippen molar-refractivity contribution >= 4 is 0 Å². The van der Waals surface area contributed by atoms with Crippen LogP contribution in [0.5, 0.6) is 0 Å². The van der Waals surface area contributed by atoms with Gasteiger partial charge in [-0.05, 0) is 39.8 Å². The van der Waals surface area contributed by atoms with E-state index in [0.29, 0.717) is 5.92 Å². The average molecular weight is 296 g/mol. The van der Waals surface area contributed by atoms with Gasteiger partial charge >= 0.3 is 0 Å². The van der Waals surface area contributed by atoms with Crippen molar-refractivity contribution < 1.29 is 0 Å². The van der Waals surface area contributed by atoms with Crippen molar-refractivity contribution in [2.75, 3.05) is 0 Å². The Balaban J connectivity index is 1.97. The molecule has 0 saturated heterocycles. The van der Waals surface area contributed by atoms with Crippen LogP contribution in [0.3, 0.4) is 0 Å². The molecular formula is C23H20. The zero-order chi connectivity index (χ0) is 15.4. The maximum atomic E-state index is 2.36. The molecule has 0 nitrogen and oxygen atoms in total. The van der Waals surface area contributed by atoms with Gasteiger partial charge in [-0.1, -0.05) is 86.1 Å². The first-order valence-electron chi connectivity index (χ1n) is 8.66. The van der Waals surface area contributed by atoms with E-state index >= 15 is 0 Å². The van der Waals surface area contributed by atoms with Crippen molar-refractivity contribution in [2.45, 2.75) is 31.1 Å². The van der Waals surface area contributed by atoms with E-state index in [1.165, 1.54) is 46.2 Å². The Labute approximate surface area is 137 Å². The zero-order valence-electron chi connectivity index (χ0n) is 13.4. The SMILES string of the molecule is CCCC12c3ccccc3C(c3ccccc31)c1ccccc12. The molecule has 0 atom stereocenters. The van der Waals surface area contributed by atoms with E-state index in [-0.39, 0.29) is 5.41 Å². The lowest BCUT2D eigenvalue weighted by atomic mass is 9.52. The highest BCUT2D eigenvalue weighted by Gasteiger charge is 2.50. The molecule has 0 aromatic heterocycles. The highest BCUT2D eigenvalue weighted by atomic mass is 14.5. The fourth-order valence-electron chi connectivity index (χ4n) is 5.13. The predicted octanol–water partition coefficient (Wildman–Crippen LogP) is 5.63. The minimum absolute atomic E-state index is 0.0350. The lowest BCUT2D eigenvalue weighted by Gasteiger charge is -2.51. The fraction of sp³-hybridized carbons (Fsp3) is 0.217. The molecule has 0 radical (unpaired) electrons. The number of hydrogen-bond acceptors (Lipinski definition) is 0. The van der Waals surface area contributed by atoms with Gasteiger partial charge in [0.15, 0.2) is 0 Å². The number of rotatable bonds is 2. The zero-order valence-corrected chi connectivity index (χ0v) is 13.4. The molecular weight excluding hydrogens is 276 g/mol. The summed E-state index contributed by atoms with van der Waals surface area (Å²) in [7, 11) is 0. The van der Waals surface area contributed by atoms with Gasteiger partial charge in [-0.3, -0.25) is 0 Å². The van der Waals surface area contributed by atoms with Gasteiger partial charge in [0.1, 0.15) is 0 Å². The first kappa shape index (κ1) is 13.1. The molecule has 0 unspecified atom stereocenters. The minimum Gasteiger partial charge on any atom is -0.0653 e. The molecule has 3 aliphatic rings. The van der Waals surface area contributed by atoms with Gasteiger partial charge in [0.2, 0.25) is 0 Å². The van der Waals surface area contributed by atoms with E-state index in [2.05, 4.69) is 79.7 Å². The van der Waals surface area contributed by atoms with Crippen LogP contribution >= 0.6 is 0 Å². The Morgan fingerprint density at radius 3 is 1.43 bits per heavy atom. The summed E-state index contributed by atoms with van der Waals surface area (Å²) in [6.45, 7) is 2.31. The molecule has 3 aromatic rings. The van der Waals surface area contributed by atoms with Crippen LogP contribution < -0.4 is 0 Å². The molecule has 0 saturated carbocycles. The summed E-state index contributed by atoms with van der Waals surface area (Å²) < 4.78 is 0. The van der Waals surface area contributed by atoms with Gasteiger partial charge in [0.05, 0.1) is 0 Å². The first-order chi connectivity index (χ1) is 11.4. The van der Waals surface area contributed by atoms with E-state index in [1.807, 2.05) is 0 Å². The average Bonchev–Trinajstić information content (AvgIpc) is 2.62. The van der Waals surface area contributed by atoms with Gasteiger partial charge in [0, 0.05) is 11.3 Å². The predicted molar refractivity (Wildman–Crippen MR) is 95.1 cm³/mol. The van der Waals surface area contributed by atoms with Crippen molar-refractivity contribution in [1.82, 2.24) is 0 Å². The molecule has 0 N–H and O–H groups in total. The molecule has 0 aliphatic heterocycles. The highest BCUT2D eigenvalue weighted by molar-refractivity contribution is 5.71. The van der Waals surface area contributed by atoms with Gasteiger partial charge in [-0.2, -0.15) is 0 Å². The van der Waals surface area contributed by atoms with Gasteiger partial charge in [-0.25, -0.2) is 0 Å². The summed E-state index contributed by atoms with van der Waals surface area (Å²) in [6.07, 6.45) is 2.35. The molecule has 112 valence electrons. The second-order valence-electron chi connectivity index (χ2n) is 6.85. The molecule has 6 rings (SSSR count). The second kappa shape index (κ2) is 4.58. The van der Waals surface area contributed by atoms with Crippen LogP contribution in [0.4, 0.5) is 0 Å². The van der Waals surface area contributed by atoms with Crippen LogP contribution in [0.15, 0.2) is 72.8 Å². The normalized spacial score (nSPS) is 23.1. The number of benzene rings is 3. The monoisotopic (exact) mass is 296 g/mol. The Morgan fingerprint density at radius 2 is 1.04 bits per heavy atom. The van der Waals surface area contributed by atoms with Crippen LogP contribution in [0.2, 0.25) is 0 Å². The van der Waals surface area contributed by atoms with E-state index in [0.717, 1.165) is 0 Å². The van der Waals surface area contributed by atoms with Crippen LogP contribution in [0.25, 0.3) is 0 Å². The van der Waals surface area contributed by atoms with Crippen molar-refractivity contribution in [3.05, 3.63) is 106 Å². The molecule has 2 bridgehead atoms. The van der Waals surface area contributed by atoms with Crippen LogP contribution in [0, 0.1) is 0 Å². The quantitative estimate of drug-likeness (QED) is 0.575. The standard InChI is InChI=1S/C23H20/c1-2-15-23-19-12-6-3-9-16(19)22(17-10-4-7-13-20(17)23)18-11-5-8-14-21(18)23/h3-14,22H,2,15H2,1H3. The Morgan fingerprint density at radius 1 is 0.652 bits per heavy atom. The maximum absolute atomic E-state index is 2.36. The summed E-state index contributed by atoms with van der Waals surface area (Å²) in [5.74, 6) is 0.400. The summed E-state index contributed by atoms with van der Waals surface area (Å²) >= 11 is 0. The fourth-order valence-corrected chi connectivity index (χ4v) is 5.13. The van der Waals surface area contributed by atoms with E-state index in [4.69, 9.17) is 0 Å². The van der Waals surface area contributed by atoms with Crippen molar-refractivity contribution in [3.8, 4) is 0 Å². The van der Waals surface area contributed by atoms with Gasteiger partial charge < -0.3 is 0 Å². The third kappa shape index (κ3) is 1.47. The Hall–Kier alpha value is -2.34. The van der Waals surface area contributed by atoms with Crippen molar-refractivity contribution in [1.29, 1.82) is 0 Å². The van der Waals surface area contributed by atoms with Crippen LogP contribution in [0.1, 0.15) is 59.1 Å². The Kier molecular flexibility index (Phi) is 2.61. The molecule has 0 fully saturated rings. The first-order valence-corrected chi connectivity index (χ1v) is 8.66. The topological polar surface area (TPSA) is 0 Å². The van der Waals surface area contributed by atoms with Gasteiger partial charge in [0.25, 0.3) is 0 Å². The lowest BCUT2D eigenvalue weighted by molar-refractivity contribution is 0.497. The maximum Gasteiger partial charge on any atom is 0.0460 e. The molecule has 0 spiro atoms. The summed E-state index contributed by atoms with van der Waals surface area (Å²) in [5.41, 5.74) is 9.17. The van der Waals surface area contributed by atoms with Crippen LogP contribution in [-0.4, -0.2) is 0 Å². The largest absolute Gasteiger partial charge is 0.0653 e. The molecule has 23 heavy (non-hydrogen) atoms. The summed E-state index contributed by atoms with van der Waals surface area (Å²) in [4.78, 5) is 0. The van der Waals surface area contributed by atoms with Crippen molar-refractivity contribution in [2.24, 2.45) is 0 Å². The van der Waals surface area contributed by atoms with E-state index in [9.17, 15) is 0 Å². The molecule has 3 aromatic carbocycles. The Bertz CT molecular complexity index is 787. The molecule has 0 amide bonds. The second-order valence-corrected chi connectivity index (χ2v) is 6.85. The third-order valence-corrected chi connectivity index (χ3v) is 5.82. The number of hydrogen-bond donors (Lipinski definition) is 0. The molecule has 0 heteroatoms. The third-order valence-electron chi connectivity index (χ3n) is 5.82. The van der Waals surface area contributed by atoms with Gasteiger partial charge in [-0.15, -0.1) is 0 Å². The minimum atomic E-state index is 0.0350. The van der Waals surface area contributed by atoms with E-state index < -0.39 is 0 Å². The molecule has 3 aliphatic carbocycles. The summed E-state index contributed by atoms with van der Waals surface area (Å²) in [6, 6.07) is 27.4. The van der Waals surface area contributed by atoms with Crippen molar-refractivity contribution in [3.63, 3.8) is 0 Å². The lowest BCUT2D eigenvalue weighted by Crippen LogP contribution is -2.42. The smallest absolute Gasteiger partial charge is 0.0460 e. The van der Waals surface area contributed by atoms with Crippen LogP contribution in [-0.2, 0) is 5.41 Å². The molecule has 0 heterocycles.